The van der Waals surface area contributed by atoms with Crippen LogP contribution >= 0.6 is 11.8 Å². The van der Waals surface area contributed by atoms with Crippen LogP contribution in [0.15, 0.2) is 4.99 Å². The highest BCUT2D eigenvalue weighted by atomic mass is 32.2. The molecule has 0 radical (unpaired) electrons. The first-order valence-corrected chi connectivity index (χ1v) is 8.46. The summed E-state index contributed by atoms with van der Waals surface area (Å²) in [6.07, 6.45) is 4.75. The van der Waals surface area contributed by atoms with E-state index in [1.54, 1.807) is 0 Å². The van der Waals surface area contributed by atoms with E-state index in [-0.39, 0.29) is 0 Å². The van der Waals surface area contributed by atoms with Crippen molar-refractivity contribution in [2.75, 3.05) is 44.7 Å². The van der Waals surface area contributed by atoms with Crippen LogP contribution in [-0.4, -0.2) is 61.6 Å². The largest absolute Gasteiger partial charge is 0.357 e. The first-order valence-electron chi connectivity index (χ1n) is 7.07. The molecule has 18 heavy (non-hydrogen) atoms. The van der Waals surface area contributed by atoms with Crippen molar-refractivity contribution in [3.05, 3.63) is 0 Å². The van der Waals surface area contributed by atoms with Gasteiger partial charge in [-0.15, -0.1) is 0 Å². The van der Waals surface area contributed by atoms with Gasteiger partial charge in [0.25, 0.3) is 0 Å². The third-order valence-electron chi connectivity index (χ3n) is 3.31. The molecule has 1 saturated heterocycles. The molecule has 1 unspecified atom stereocenters. The molecule has 0 amide bonds. The average Bonchev–Trinajstić information content (AvgIpc) is 2.83. The molecule has 1 fully saturated rings. The third kappa shape index (κ3) is 5.48. The highest BCUT2D eigenvalue weighted by molar-refractivity contribution is 7.98. The maximum atomic E-state index is 4.71. The number of hydrogen-bond donors (Lipinski definition) is 2. The number of hydrogen-bond acceptors (Lipinski definition) is 3. The molecule has 5 heteroatoms. The Bertz CT molecular complexity index is 245. The standard InChI is InChI=1S/C13H28N4S/c1-4-14-13(15-8-10-18-3)16-11-12-7-6-9-17(12)5-2/h12H,4-11H2,1-3H3,(H2,14,15,16). The minimum Gasteiger partial charge on any atom is -0.357 e. The number of aliphatic imine (C=N–C) groups is 1. The Morgan fingerprint density at radius 1 is 1.39 bits per heavy atom. The zero-order valence-corrected chi connectivity index (χ0v) is 12.9. The summed E-state index contributed by atoms with van der Waals surface area (Å²) in [6, 6.07) is 0.644. The number of nitrogens with zero attached hydrogens (tertiary/aromatic N) is 2. The molecule has 0 aliphatic carbocycles. The van der Waals surface area contributed by atoms with E-state index < -0.39 is 0 Å². The summed E-state index contributed by atoms with van der Waals surface area (Å²) in [4.78, 5) is 7.25. The van der Waals surface area contributed by atoms with Crippen LogP contribution in [0.25, 0.3) is 0 Å². The van der Waals surface area contributed by atoms with Gasteiger partial charge in [0, 0.05) is 24.9 Å². The Morgan fingerprint density at radius 3 is 2.89 bits per heavy atom. The highest BCUT2D eigenvalue weighted by Crippen LogP contribution is 2.16. The Labute approximate surface area is 116 Å². The first-order chi connectivity index (χ1) is 8.81. The van der Waals surface area contributed by atoms with Crippen molar-refractivity contribution in [1.29, 1.82) is 0 Å². The van der Waals surface area contributed by atoms with Gasteiger partial charge in [-0.1, -0.05) is 6.92 Å². The molecule has 0 aromatic rings. The normalized spacial score (nSPS) is 21.3. The fourth-order valence-corrected chi connectivity index (χ4v) is 2.63. The van der Waals surface area contributed by atoms with Gasteiger partial charge >= 0.3 is 0 Å². The SMILES string of the molecule is CCNC(=NCC1CCCN1CC)NCCSC. The zero-order valence-electron chi connectivity index (χ0n) is 12.0. The van der Waals surface area contributed by atoms with E-state index in [0.717, 1.165) is 37.9 Å². The average molecular weight is 272 g/mol. The fourth-order valence-electron chi connectivity index (χ4n) is 2.33. The summed E-state index contributed by atoms with van der Waals surface area (Å²) in [5.74, 6) is 2.09. The summed E-state index contributed by atoms with van der Waals surface area (Å²) < 4.78 is 0. The Balaban J connectivity index is 2.38. The van der Waals surface area contributed by atoms with Crippen molar-refractivity contribution >= 4 is 17.7 Å². The minimum atomic E-state index is 0.644. The molecule has 0 bridgehead atoms. The molecule has 4 nitrogen and oxygen atoms in total. The molecule has 2 N–H and O–H groups in total. The molecule has 1 aliphatic rings. The van der Waals surface area contributed by atoms with Crippen LogP contribution in [0, 0.1) is 0 Å². The van der Waals surface area contributed by atoms with Gasteiger partial charge in [0.05, 0.1) is 6.54 Å². The first kappa shape index (κ1) is 15.6. The van der Waals surface area contributed by atoms with Gasteiger partial charge in [0.2, 0.25) is 0 Å². The van der Waals surface area contributed by atoms with E-state index in [1.165, 1.54) is 19.4 Å². The summed E-state index contributed by atoms with van der Waals surface area (Å²) >= 11 is 1.86. The van der Waals surface area contributed by atoms with E-state index in [1.807, 2.05) is 11.8 Å². The second kappa shape index (κ2) is 9.50. The molecular weight excluding hydrogens is 244 g/mol. The van der Waals surface area contributed by atoms with E-state index in [9.17, 15) is 0 Å². The van der Waals surface area contributed by atoms with E-state index in [4.69, 9.17) is 4.99 Å². The topological polar surface area (TPSA) is 39.7 Å². The van der Waals surface area contributed by atoms with Gasteiger partial charge in [0.15, 0.2) is 5.96 Å². The summed E-state index contributed by atoms with van der Waals surface area (Å²) in [7, 11) is 0. The predicted molar refractivity (Wildman–Crippen MR) is 82.6 cm³/mol. The molecule has 1 atom stereocenters. The monoisotopic (exact) mass is 272 g/mol. The number of nitrogens with one attached hydrogen (secondary N) is 2. The lowest BCUT2D eigenvalue weighted by atomic mass is 10.2. The Morgan fingerprint density at radius 2 is 2.22 bits per heavy atom. The van der Waals surface area contributed by atoms with Crippen LogP contribution in [0.4, 0.5) is 0 Å². The van der Waals surface area contributed by atoms with Gasteiger partial charge < -0.3 is 10.6 Å². The highest BCUT2D eigenvalue weighted by Gasteiger charge is 2.22. The van der Waals surface area contributed by atoms with Crippen molar-refractivity contribution in [1.82, 2.24) is 15.5 Å². The fraction of sp³-hybridized carbons (Fsp3) is 0.923. The molecule has 106 valence electrons. The van der Waals surface area contributed by atoms with E-state index in [2.05, 4.69) is 35.6 Å². The lowest BCUT2D eigenvalue weighted by molar-refractivity contribution is 0.273. The number of likely N-dealkylation sites (N-methyl/N-ethyl adjacent to an activating group) is 1. The molecule has 0 saturated carbocycles. The summed E-state index contributed by atoms with van der Waals surface area (Å²) in [6.45, 7) is 9.57. The number of thioether (sulfide) groups is 1. The number of rotatable bonds is 7. The van der Waals surface area contributed by atoms with Crippen LogP contribution < -0.4 is 10.6 Å². The van der Waals surface area contributed by atoms with E-state index >= 15 is 0 Å². The summed E-state index contributed by atoms with van der Waals surface area (Å²) in [5, 5.41) is 6.69. The third-order valence-corrected chi connectivity index (χ3v) is 3.92. The molecule has 1 aliphatic heterocycles. The van der Waals surface area contributed by atoms with Crippen LogP contribution in [-0.2, 0) is 0 Å². The maximum Gasteiger partial charge on any atom is 0.191 e. The van der Waals surface area contributed by atoms with Crippen LogP contribution in [0.1, 0.15) is 26.7 Å². The molecule has 0 aromatic heterocycles. The summed E-state index contributed by atoms with van der Waals surface area (Å²) in [5.41, 5.74) is 0. The number of likely N-dealkylation sites (tertiary alicyclic amines) is 1. The maximum absolute atomic E-state index is 4.71. The van der Waals surface area contributed by atoms with Crippen molar-refractivity contribution < 1.29 is 0 Å². The molecule has 1 rings (SSSR count). The lowest BCUT2D eigenvalue weighted by Gasteiger charge is -2.21. The van der Waals surface area contributed by atoms with Crippen molar-refractivity contribution in [2.45, 2.75) is 32.7 Å². The zero-order chi connectivity index (χ0) is 13.2. The van der Waals surface area contributed by atoms with E-state index in [0.29, 0.717) is 6.04 Å². The lowest BCUT2D eigenvalue weighted by Crippen LogP contribution is -2.40. The van der Waals surface area contributed by atoms with Crippen molar-refractivity contribution in [2.24, 2.45) is 4.99 Å². The minimum absolute atomic E-state index is 0.644. The van der Waals surface area contributed by atoms with Gasteiger partial charge in [-0.2, -0.15) is 11.8 Å². The van der Waals surface area contributed by atoms with Crippen molar-refractivity contribution in [3.8, 4) is 0 Å². The second-order valence-electron chi connectivity index (χ2n) is 4.56. The van der Waals surface area contributed by atoms with Crippen LogP contribution in [0.5, 0.6) is 0 Å². The van der Waals surface area contributed by atoms with Crippen molar-refractivity contribution in [3.63, 3.8) is 0 Å². The van der Waals surface area contributed by atoms with Crippen LogP contribution in [0.3, 0.4) is 0 Å². The second-order valence-corrected chi connectivity index (χ2v) is 5.55. The molecule has 0 spiro atoms. The molecule has 0 aromatic carbocycles. The number of guanidine groups is 1. The van der Waals surface area contributed by atoms with Gasteiger partial charge in [-0.25, -0.2) is 0 Å². The van der Waals surface area contributed by atoms with Gasteiger partial charge in [0.1, 0.15) is 0 Å². The Hall–Kier alpha value is -0.420. The smallest absolute Gasteiger partial charge is 0.191 e. The predicted octanol–water partition coefficient (Wildman–Crippen LogP) is 1.39. The van der Waals surface area contributed by atoms with Gasteiger partial charge in [-0.05, 0) is 39.1 Å². The van der Waals surface area contributed by atoms with Gasteiger partial charge in [-0.3, -0.25) is 9.89 Å². The molecular formula is C13H28N4S. The quantitative estimate of drug-likeness (QED) is 0.417. The van der Waals surface area contributed by atoms with Crippen LogP contribution in [0.2, 0.25) is 0 Å². The molecule has 1 heterocycles. The Kier molecular flexibility index (Phi) is 8.25.